The fourth-order valence-corrected chi connectivity index (χ4v) is 3.98. The van der Waals surface area contributed by atoms with Gasteiger partial charge in [-0.05, 0) is 31.5 Å². The molecule has 3 aromatic heterocycles. The molecule has 0 aliphatic carbocycles. The minimum Gasteiger partial charge on any atom is -0.313 e. The Bertz CT molecular complexity index is 1150. The van der Waals surface area contributed by atoms with Crippen molar-refractivity contribution < 1.29 is 8.78 Å². The molecule has 4 rings (SSSR count). The number of halogens is 3. The number of nitrogens with zero attached hydrogens (tertiary/aromatic N) is 6. The third-order valence-electron chi connectivity index (χ3n) is 4.50. The van der Waals surface area contributed by atoms with Crippen LogP contribution in [0.25, 0.3) is 0 Å². The largest absolute Gasteiger partial charge is 0.313 e. The molecule has 0 amide bonds. The lowest BCUT2D eigenvalue weighted by Gasteiger charge is -2.10. The minimum atomic E-state index is -2.61. The number of rotatable bonds is 7. The van der Waals surface area contributed by atoms with Crippen molar-refractivity contribution in [1.29, 1.82) is 0 Å². The molecular formula is C19H18ClF2N7S. The third kappa shape index (κ3) is 4.34. The summed E-state index contributed by atoms with van der Waals surface area (Å²) in [5, 5.41) is 21.8. The number of aryl methyl sites for hydroxylation is 1. The van der Waals surface area contributed by atoms with E-state index in [0.717, 1.165) is 5.56 Å². The van der Waals surface area contributed by atoms with Crippen LogP contribution in [0.4, 0.5) is 19.7 Å². The molecule has 1 N–H and O–H groups in total. The molecule has 1 atom stereocenters. The van der Waals surface area contributed by atoms with Crippen LogP contribution < -0.4 is 5.32 Å². The highest BCUT2D eigenvalue weighted by molar-refractivity contribution is 7.15. The van der Waals surface area contributed by atoms with Crippen LogP contribution in [0.3, 0.4) is 0 Å². The molecule has 0 fully saturated rings. The van der Waals surface area contributed by atoms with Crippen molar-refractivity contribution in [2.24, 2.45) is 0 Å². The summed E-state index contributed by atoms with van der Waals surface area (Å²) in [5.41, 5.74) is 1.37. The Morgan fingerprint density at radius 1 is 1.17 bits per heavy atom. The second kappa shape index (κ2) is 8.49. The zero-order chi connectivity index (χ0) is 21.3. The van der Waals surface area contributed by atoms with Crippen LogP contribution in [0.2, 0.25) is 5.02 Å². The molecule has 3 heterocycles. The number of anilines is 2. The van der Waals surface area contributed by atoms with Gasteiger partial charge in [0.05, 0.1) is 6.54 Å². The first kappa shape index (κ1) is 20.4. The molecule has 11 heteroatoms. The topological polar surface area (TPSA) is 73.5 Å². The zero-order valence-electron chi connectivity index (χ0n) is 16.1. The van der Waals surface area contributed by atoms with E-state index in [9.17, 15) is 8.78 Å². The molecule has 30 heavy (non-hydrogen) atoms. The maximum absolute atomic E-state index is 12.9. The molecule has 4 aromatic rings. The summed E-state index contributed by atoms with van der Waals surface area (Å²) in [6.07, 6.45) is -0.764. The molecule has 0 aliphatic rings. The first-order chi connectivity index (χ1) is 14.4. The van der Waals surface area contributed by atoms with Crippen LogP contribution in [-0.2, 0) is 6.54 Å². The van der Waals surface area contributed by atoms with E-state index in [2.05, 4.69) is 25.7 Å². The second-order valence-electron chi connectivity index (χ2n) is 6.69. The Hall–Kier alpha value is -2.85. The van der Waals surface area contributed by atoms with Gasteiger partial charge in [0.1, 0.15) is 16.7 Å². The number of nitrogens with one attached hydrogen (secondary N) is 1. The highest BCUT2D eigenvalue weighted by Gasteiger charge is 2.20. The Balaban J connectivity index is 1.45. The van der Waals surface area contributed by atoms with Crippen molar-refractivity contribution in [2.75, 3.05) is 5.32 Å². The number of hydrogen-bond donors (Lipinski definition) is 1. The van der Waals surface area contributed by atoms with E-state index < -0.39 is 6.43 Å². The van der Waals surface area contributed by atoms with E-state index in [1.165, 1.54) is 22.1 Å². The Kier molecular flexibility index (Phi) is 5.78. The van der Waals surface area contributed by atoms with Crippen molar-refractivity contribution in [3.05, 3.63) is 69.6 Å². The summed E-state index contributed by atoms with van der Waals surface area (Å²) in [5.74, 6) is 0.618. The first-order valence-electron chi connectivity index (χ1n) is 9.12. The van der Waals surface area contributed by atoms with Crippen LogP contribution in [0, 0.1) is 6.92 Å². The SMILES string of the molecule is Cc1cc(C(F)F)nn1C(C)c1nnc(Nc2ccn(Cc3ccccc3Cl)n2)s1. The van der Waals surface area contributed by atoms with Crippen LogP contribution in [-0.4, -0.2) is 29.8 Å². The fourth-order valence-electron chi connectivity index (χ4n) is 3.00. The lowest BCUT2D eigenvalue weighted by molar-refractivity contribution is 0.145. The molecule has 156 valence electrons. The molecule has 0 radical (unpaired) electrons. The van der Waals surface area contributed by atoms with Crippen LogP contribution in [0.1, 0.15) is 41.3 Å². The molecule has 0 aliphatic heterocycles. The van der Waals surface area contributed by atoms with Gasteiger partial charge in [-0.3, -0.25) is 9.36 Å². The van der Waals surface area contributed by atoms with Gasteiger partial charge in [0, 0.05) is 23.0 Å². The van der Waals surface area contributed by atoms with E-state index >= 15 is 0 Å². The van der Waals surface area contributed by atoms with Gasteiger partial charge in [-0.2, -0.15) is 10.2 Å². The van der Waals surface area contributed by atoms with Crippen molar-refractivity contribution in [3.63, 3.8) is 0 Å². The highest BCUT2D eigenvalue weighted by Crippen LogP contribution is 2.28. The van der Waals surface area contributed by atoms with Crippen LogP contribution in [0.5, 0.6) is 0 Å². The maximum atomic E-state index is 12.9. The van der Waals surface area contributed by atoms with Gasteiger partial charge in [-0.1, -0.05) is 41.1 Å². The van der Waals surface area contributed by atoms with Gasteiger partial charge in [0.25, 0.3) is 6.43 Å². The Morgan fingerprint density at radius 3 is 2.70 bits per heavy atom. The highest BCUT2D eigenvalue weighted by atomic mass is 35.5. The van der Waals surface area contributed by atoms with Crippen LogP contribution >= 0.6 is 22.9 Å². The molecule has 1 unspecified atom stereocenters. The summed E-state index contributed by atoms with van der Waals surface area (Å²) < 4.78 is 29.1. The Morgan fingerprint density at radius 2 is 1.97 bits per heavy atom. The fraction of sp³-hybridized carbons (Fsp3) is 0.263. The summed E-state index contributed by atoms with van der Waals surface area (Å²) in [6.45, 7) is 4.13. The number of aromatic nitrogens is 6. The number of alkyl halides is 2. The molecule has 1 aromatic carbocycles. The van der Waals surface area contributed by atoms with Crippen molar-refractivity contribution in [3.8, 4) is 0 Å². The molecule has 0 saturated heterocycles. The smallest absolute Gasteiger partial charge is 0.282 e. The predicted molar refractivity (Wildman–Crippen MR) is 112 cm³/mol. The van der Waals surface area contributed by atoms with Gasteiger partial charge < -0.3 is 5.32 Å². The normalized spacial score (nSPS) is 12.5. The van der Waals surface area contributed by atoms with E-state index in [1.54, 1.807) is 11.6 Å². The summed E-state index contributed by atoms with van der Waals surface area (Å²) in [7, 11) is 0. The van der Waals surface area contributed by atoms with Crippen LogP contribution in [0.15, 0.2) is 42.6 Å². The monoisotopic (exact) mass is 449 g/mol. The zero-order valence-corrected chi connectivity index (χ0v) is 17.7. The van der Waals surface area contributed by atoms with Crippen molar-refractivity contribution >= 4 is 33.9 Å². The van der Waals surface area contributed by atoms with Gasteiger partial charge in [-0.25, -0.2) is 8.78 Å². The summed E-state index contributed by atoms with van der Waals surface area (Å²) in [4.78, 5) is 0. The average molecular weight is 450 g/mol. The lowest BCUT2D eigenvalue weighted by atomic mass is 10.2. The molecule has 0 spiro atoms. The van der Waals surface area contributed by atoms with Crippen molar-refractivity contribution in [2.45, 2.75) is 32.9 Å². The molecule has 7 nitrogen and oxygen atoms in total. The second-order valence-corrected chi connectivity index (χ2v) is 8.11. The van der Waals surface area contributed by atoms with E-state index in [4.69, 9.17) is 11.6 Å². The summed E-state index contributed by atoms with van der Waals surface area (Å²) in [6, 6.07) is 10.5. The summed E-state index contributed by atoms with van der Waals surface area (Å²) >= 11 is 7.52. The number of benzene rings is 1. The third-order valence-corrected chi connectivity index (χ3v) is 5.87. The van der Waals surface area contributed by atoms with Gasteiger partial charge in [0.2, 0.25) is 5.13 Å². The van der Waals surface area contributed by atoms with Gasteiger partial charge in [-0.15, -0.1) is 10.2 Å². The van der Waals surface area contributed by atoms with E-state index in [1.807, 2.05) is 43.5 Å². The average Bonchev–Trinajstić information content (AvgIpc) is 3.44. The van der Waals surface area contributed by atoms with E-state index in [0.29, 0.717) is 33.2 Å². The van der Waals surface area contributed by atoms with Gasteiger partial charge in [0.15, 0.2) is 5.82 Å². The molecular weight excluding hydrogens is 432 g/mol. The van der Waals surface area contributed by atoms with E-state index in [-0.39, 0.29) is 11.7 Å². The first-order valence-corrected chi connectivity index (χ1v) is 10.3. The molecule has 0 saturated carbocycles. The van der Waals surface area contributed by atoms with Gasteiger partial charge >= 0.3 is 0 Å². The Labute approximate surface area is 180 Å². The predicted octanol–water partition coefficient (Wildman–Crippen LogP) is 5.23. The number of hydrogen-bond acceptors (Lipinski definition) is 6. The lowest BCUT2D eigenvalue weighted by Crippen LogP contribution is -2.10. The molecule has 0 bridgehead atoms. The quantitative estimate of drug-likeness (QED) is 0.418. The maximum Gasteiger partial charge on any atom is 0.282 e. The minimum absolute atomic E-state index is 0.244. The standard InChI is InChI=1S/C19H18ClF2N7S/c1-11-9-15(17(21)22)26-29(11)12(2)18-24-25-19(30-18)23-16-7-8-28(27-16)10-13-5-3-4-6-14(13)20/h3-9,12,17H,10H2,1-2H3,(H,23,25,27). The van der Waals surface area contributed by atoms with Crippen molar-refractivity contribution in [1.82, 2.24) is 29.8 Å².